The average molecular weight is 367 g/mol. The number of methoxy groups -OCH3 is 1. The van der Waals surface area contributed by atoms with Gasteiger partial charge >= 0.3 is 0 Å². The summed E-state index contributed by atoms with van der Waals surface area (Å²) in [6, 6.07) is 14.3. The van der Waals surface area contributed by atoms with Crippen molar-refractivity contribution in [2.24, 2.45) is 0 Å². The van der Waals surface area contributed by atoms with Gasteiger partial charge in [-0.3, -0.25) is 4.79 Å². The molecule has 1 amide bonds. The predicted octanol–water partition coefficient (Wildman–Crippen LogP) is 3.10. The summed E-state index contributed by atoms with van der Waals surface area (Å²) in [6.45, 7) is 1.35. The highest BCUT2D eigenvalue weighted by molar-refractivity contribution is 5.94. The van der Waals surface area contributed by atoms with Gasteiger partial charge in [-0.1, -0.05) is 0 Å². The van der Waals surface area contributed by atoms with Crippen LogP contribution in [0.15, 0.2) is 65.4 Å². The number of pyridine rings is 1. The van der Waals surface area contributed by atoms with Crippen LogP contribution in [0.3, 0.4) is 0 Å². The second-order valence-corrected chi connectivity index (χ2v) is 5.64. The monoisotopic (exact) mass is 367 g/mol. The molecule has 2 heterocycles. The van der Waals surface area contributed by atoms with E-state index in [9.17, 15) is 4.79 Å². The van der Waals surface area contributed by atoms with Crippen LogP contribution >= 0.6 is 0 Å². The molecule has 7 heteroatoms. The van der Waals surface area contributed by atoms with Crippen LogP contribution < -0.4 is 20.1 Å². The number of furan rings is 1. The molecular weight excluding hydrogens is 346 g/mol. The quantitative estimate of drug-likeness (QED) is 0.565. The zero-order valence-corrected chi connectivity index (χ0v) is 15.0. The second-order valence-electron chi connectivity index (χ2n) is 5.64. The summed E-state index contributed by atoms with van der Waals surface area (Å²) >= 11 is 0. The first-order chi connectivity index (χ1) is 13.2. The topological polar surface area (TPSA) is 85.6 Å². The Morgan fingerprint density at radius 2 is 1.96 bits per heavy atom. The number of amides is 1. The molecule has 27 heavy (non-hydrogen) atoms. The Morgan fingerprint density at radius 1 is 1.15 bits per heavy atom. The molecule has 0 saturated heterocycles. The number of hydrogen-bond donors (Lipinski definition) is 2. The van der Waals surface area contributed by atoms with Gasteiger partial charge in [-0.15, -0.1) is 0 Å². The average Bonchev–Trinajstić information content (AvgIpc) is 3.24. The van der Waals surface area contributed by atoms with Crippen LogP contribution in [0, 0.1) is 0 Å². The number of carbonyl (C=O) groups excluding carboxylic acids is 1. The Bertz CT molecular complexity index is 848. The van der Waals surface area contributed by atoms with Crippen molar-refractivity contribution in [1.82, 2.24) is 10.3 Å². The first kappa shape index (κ1) is 18.3. The molecule has 3 rings (SSSR count). The van der Waals surface area contributed by atoms with E-state index in [4.69, 9.17) is 13.9 Å². The Kier molecular flexibility index (Phi) is 6.30. The van der Waals surface area contributed by atoms with Gasteiger partial charge in [-0.25, -0.2) is 4.98 Å². The lowest BCUT2D eigenvalue weighted by Gasteiger charge is -2.09. The molecule has 0 spiro atoms. The van der Waals surface area contributed by atoms with E-state index in [1.807, 2.05) is 30.3 Å². The summed E-state index contributed by atoms with van der Waals surface area (Å²) in [5.74, 6) is 2.67. The minimum atomic E-state index is -0.189. The second kappa shape index (κ2) is 9.28. The SMILES string of the molecule is COc1ccc(OCCNc2cc(C(=O)NCc3ccco3)ccn2)cc1. The van der Waals surface area contributed by atoms with Crippen LogP contribution in [0.1, 0.15) is 16.1 Å². The molecule has 2 aromatic heterocycles. The summed E-state index contributed by atoms with van der Waals surface area (Å²) in [6.07, 6.45) is 3.17. The number of nitrogens with zero attached hydrogens (tertiary/aromatic N) is 1. The van der Waals surface area contributed by atoms with Crippen molar-refractivity contribution in [2.45, 2.75) is 6.54 Å². The Balaban J connectivity index is 1.44. The third-order valence-corrected chi connectivity index (χ3v) is 3.76. The number of aromatic nitrogens is 1. The summed E-state index contributed by atoms with van der Waals surface area (Å²) in [5, 5.41) is 5.95. The molecule has 0 saturated carbocycles. The summed E-state index contributed by atoms with van der Waals surface area (Å²) in [4.78, 5) is 16.4. The molecule has 7 nitrogen and oxygen atoms in total. The predicted molar refractivity (Wildman–Crippen MR) is 101 cm³/mol. The molecule has 0 bridgehead atoms. The molecule has 0 aliphatic rings. The maximum Gasteiger partial charge on any atom is 0.251 e. The molecule has 0 fully saturated rings. The van der Waals surface area contributed by atoms with E-state index < -0.39 is 0 Å². The number of nitrogens with one attached hydrogen (secondary N) is 2. The number of anilines is 1. The van der Waals surface area contributed by atoms with Gasteiger partial charge in [0.15, 0.2) is 0 Å². The van der Waals surface area contributed by atoms with E-state index >= 15 is 0 Å². The molecule has 140 valence electrons. The number of benzene rings is 1. The standard InChI is InChI=1S/C20H21N3O4/c1-25-16-4-6-17(7-5-16)27-12-10-22-19-13-15(8-9-21-19)20(24)23-14-18-3-2-11-26-18/h2-9,11,13H,10,12,14H2,1H3,(H,21,22)(H,23,24). The van der Waals surface area contributed by atoms with Crippen LogP contribution in [-0.2, 0) is 6.54 Å². The van der Waals surface area contributed by atoms with Crippen LogP contribution in [0.25, 0.3) is 0 Å². The summed E-state index contributed by atoms with van der Waals surface area (Å²) in [7, 11) is 1.62. The van der Waals surface area contributed by atoms with Crippen molar-refractivity contribution in [3.05, 3.63) is 72.3 Å². The summed E-state index contributed by atoms with van der Waals surface area (Å²) in [5.41, 5.74) is 0.523. The number of ether oxygens (including phenoxy) is 2. The number of carbonyl (C=O) groups is 1. The van der Waals surface area contributed by atoms with Gasteiger partial charge in [0.25, 0.3) is 5.91 Å². The van der Waals surface area contributed by atoms with Crippen molar-refractivity contribution in [2.75, 3.05) is 25.6 Å². The highest BCUT2D eigenvalue weighted by atomic mass is 16.5. The maximum absolute atomic E-state index is 12.2. The van der Waals surface area contributed by atoms with E-state index in [0.29, 0.717) is 36.8 Å². The Labute approximate surface area is 157 Å². The van der Waals surface area contributed by atoms with Crippen molar-refractivity contribution in [1.29, 1.82) is 0 Å². The molecule has 0 aliphatic carbocycles. The van der Waals surface area contributed by atoms with Gasteiger partial charge in [0.05, 0.1) is 26.5 Å². The largest absolute Gasteiger partial charge is 0.497 e. The fraction of sp³-hybridized carbons (Fsp3) is 0.200. The van der Waals surface area contributed by atoms with Crippen LogP contribution in [0.4, 0.5) is 5.82 Å². The first-order valence-corrected chi connectivity index (χ1v) is 8.52. The normalized spacial score (nSPS) is 10.3. The Morgan fingerprint density at radius 3 is 2.70 bits per heavy atom. The third kappa shape index (κ3) is 5.50. The molecule has 2 N–H and O–H groups in total. The number of hydrogen-bond acceptors (Lipinski definition) is 6. The highest BCUT2D eigenvalue weighted by Crippen LogP contribution is 2.16. The molecule has 0 radical (unpaired) electrons. The lowest BCUT2D eigenvalue weighted by Crippen LogP contribution is -2.23. The van der Waals surface area contributed by atoms with Crippen molar-refractivity contribution < 1.29 is 18.7 Å². The zero-order valence-electron chi connectivity index (χ0n) is 15.0. The number of rotatable bonds is 9. The van der Waals surface area contributed by atoms with E-state index in [0.717, 1.165) is 11.5 Å². The van der Waals surface area contributed by atoms with Crippen LogP contribution in [0.5, 0.6) is 11.5 Å². The lowest BCUT2D eigenvalue weighted by atomic mass is 10.2. The Hall–Kier alpha value is -3.48. The molecule has 1 aromatic carbocycles. The molecule has 3 aromatic rings. The van der Waals surface area contributed by atoms with E-state index in [1.54, 1.807) is 37.8 Å². The van der Waals surface area contributed by atoms with Crippen molar-refractivity contribution >= 4 is 11.7 Å². The van der Waals surface area contributed by atoms with Gasteiger partial charge in [0.1, 0.15) is 29.7 Å². The first-order valence-electron chi connectivity index (χ1n) is 8.52. The maximum atomic E-state index is 12.2. The van der Waals surface area contributed by atoms with E-state index in [-0.39, 0.29) is 5.91 Å². The van der Waals surface area contributed by atoms with E-state index in [2.05, 4.69) is 15.6 Å². The zero-order chi connectivity index (χ0) is 18.9. The van der Waals surface area contributed by atoms with Crippen LogP contribution in [-0.4, -0.2) is 31.2 Å². The van der Waals surface area contributed by atoms with Gasteiger partial charge < -0.3 is 24.5 Å². The fourth-order valence-electron chi connectivity index (χ4n) is 2.37. The van der Waals surface area contributed by atoms with Gasteiger partial charge in [0.2, 0.25) is 0 Å². The van der Waals surface area contributed by atoms with Gasteiger partial charge in [0, 0.05) is 11.8 Å². The van der Waals surface area contributed by atoms with Crippen LogP contribution in [0.2, 0.25) is 0 Å². The molecular formula is C20H21N3O4. The molecule has 0 aliphatic heterocycles. The van der Waals surface area contributed by atoms with E-state index in [1.165, 1.54) is 0 Å². The minimum absolute atomic E-state index is 0.189. The summed E-state index contributed by atoms with van der Waals surface area (Å²) < 4.78 is 16.0. The smallest absolute Gasteiger partial charge is 0.251 e. The molecule has 0 unspecified atom stereocenters. The van der Waals surface area contributed by atoms with Crippen molar-refractivity contribution in [3.63, 3.8) is 0 Å². The third-order valence-electron chi connectivity index (χ3n) is 3.76. The van der Waals surface area contributed by atoms with Gasteiger partial charge in [-0.2, -0.15) is 0 Å². The fourth-order valence-corrected chi connectivity index (χ4v) is 2.37. The van der Waals surface area contributed by atoms with Gasteiger partial charge in [-0.05, 0) is 48.5 Å². The highest BCUT2D eigenvalue weighted by Gasteiger charge is 2.07. The molecule has 0 atom stereocenters. The lowest BCUT2D eigenvalue weighted by molar-refractivity contribution is 0.0948. The van der Waals surface area contributed by atoms with Crippen molar-refractivity contribution in [3.8, 4) is 11.5 Å². The minimum Gasteiger partial charge on any atom is -0.497 e.